The Labute approximate surface area is 135 Å². The van der Waals surface area contributed by atoms with E-state index in [1.807, 2.05) is 0 Å². The third kappa shape index (κ3) is 5.50. The predicted octanol–water partition coefficient (Wildman–Crippen LogP) is 0.759. The molecular formula is C15H20N2O5S. The number of nitrogens with two attached hydrogens (primary N) is 1. The minimum absolute atomic E-state index is 0.189. The SMILES string of the molecule is CCN(CC)S(=O)(=O)c1ccc(/C=C/C(=O)OCC(N)=O)cc1. The molecule has 0 radical (unpaired) electrons. The lowest BCUT2D eigenvalue weighted by Gasteiger charge is -2.18. The maximum atomic E-state index is 12.3. The van der Waals surface area contributed by atoms with Gasteiger partial charge < -0.3 is 10.5 Å². The number of hydrogen-bond acceptors (Lipinski definition) is 5. The van der Waals surface area contributed by atoms with E-state index >= 15 is 0 Å². The fraction of sp³-hybridized carbons (Fsp3) is 0.333. The van der Waals surface area contributed by atoms with E-state index in [2.05, 4.69) is 4.74 Å². The molecule has 0 saturated heterocycles. The van der Waals surface area contributed by atoms with Crippen molar-refractivity contribution in [3.8, 4) is 0 Å². The molecule has 0 atom stereocenters. The summed E-state index contributed by atoms with van der Waals surface area (Å²) in [5.41, 5.74) is 5.48. The Morgan fingerprint density at radius 2 is 1.74 bits per heavy atom. The van der Waals surface area contributed by atoms with Crippen LogP contribution in [-0.2, 0) is 24.3 Å². The summed E-state index contributed by atoms with van der Waals surface area (Å²) in [6.45, 7) is 3.86. The normalized spacial score (nSPS) is 11.8. The number of hydrogen-bond donors (Lipinski definition) is 1. The molecule has 1 amide bonds. The fourth-order valence-electron chi connectivity index (χ4n) is 1.82. The second kappa shape index (κ2) is 8.44. The molecule has 1 rings (SSSR count). The largest absolute Gasteiger partial charge is 0.452 e. The van der Waals surface area contributed by atoms with Crippen LogP contribution in [0.2, 0.25) is 0 Å². The summed E-state index contributed by atoms with van der Waals surface area (Å²) in [7, 11) is -3.50. The van der Waals surface area contributed by atoms with Crippen molar-refractivity contribution >= 4 is 28.0 Å². The van der Waals surface area contributed by atoms with Crippen molar-refractivity contribution in [2.45, 2.75) is 18.7 Å². The Balaban J connectivity index is 2.81. The Morgan fingerprint density at radius 3 is 2.22 bits per heavy atom. The first-order valence-electron chi connectivity index (χ1n) is 7.04. The maximum Gasteiger partial charge on any atom is 0.331 e. The number of sulfonamides is 1. The molecule has 0 fully saturated rings. The van der Waals surface area contributed by atoms with Crippen LogP contribution in [0.25, 0.3) is 6.08 Å². The van der Waals surface area contributed by atoms with Crippen LogP contribution in [0.5, 0.6) is 0 Å². The highest BCUT2D eigenvalue weighted by Gasteiger charge is 2.20. The zero-order valence-electron chi connectivity index (χ0n) is 13.1. The van der Waals surface area contributed by atoms with Gasteiger partial charge in [0.15, 0.2) is 6.61 Å². The molecule has 2 N–H and O–H groups in total. The molecule has 0 bridgehead atoms. The number of primary amides is 1. The molecule has 0 spiro atoms. The van der Waals surface area contributed by atoms with Gasteiger partial charge in [-0.15, -0.1) is 0 Å². The quantitative estimate of drug-likeness (QED) is 0.555. The van der Waals surface area contributed by atoms with E-state index in [0.717, 1.165) is 6.08 Å². The fourth-order valence-corrected chi connectivity index (χ4v) is 3.28. The summed E-state index contributed by atoms with van der Waals surface area (Å²) >= 11 is 0. The van der Waals surface area contributed by atoms with E-state index in [4.69, 9.17) is 5.73 Å². The van der Waals surface area contributed by atoms with Crippen molar-refractivity contribution < 1.29 is 22.7 Å². The monoisotopic (exact) mass is 340 g/mol. The van der Waals surface area contributed by atoms with Crippen molar-refractivity contribution in [1.29, 1.82) is 0 Å². The number of carbonyl (C=O) groups excluding carboxylic acids is 2. The van der Waals surface area contributed by atoms with Gasteiger partial charge in [0, 0.05) is 19.2 Å². The number of nitrogens with zero attached hydrogens (tertiary/aromatic N) is 1. The van der Waals surface area contributed by atoms with Crippen LogP contribution < -0.4 is 5.73 Å². The smallest absolute Gasteiger partial charge is 0.331 e. The number of benzene rings is 1. The molecule has 7 nitrogen and oxygen atoms in total. The number of ether oxygens (including phenoxy) is 1. The van der Waals surface area contributed by atoms with Crippen LogP contribution in [-0.4, -0.2) is 44.3 Å². The van der Waals surface area contributed by atoms with E-state index in [0.29, 0.717) is 18.7 Å². The van der Waals surface area contributed by atoms with Crippen LogP contribution in [0.15, 0.2) is 35.2 Å². The summed E-state index contributed by atoms with van der Waals surface area (Å²) in [5, 5.41) is 0. The minimum Gasteiger partial charge on any atom is -0.452 e. The summed E-state index contributed by atoms with van der Waals surface area (Å²) in [6.07, 6.45) is 2.59. The highest BCUT2D eigenvalue weighted by atomic mass is 32.2. The molecule has 1 aromatic rings. The van der Waals surface area contributed by atoms with E-state index < -0.39 is 28.5 Å². The molecule has 1 aromatic carbocycles. The van der Waals surface area contributed by atoms with Gasteiger partial charge in [0.25, 0.3) is 5.91 Å². The van der Waals surface area contributed by atoms with Crippen molar-refractivity contribution in [3.63, 3.8) is 0 Å². The predicted molar refractivity (Wildman–Crippen MR) is 85.7 cm³/mol. The molecule has 0 unspecified atom stereocenters. The van der Waals surface area contributed by atoms with E-state index in [-0.39, 0.29) is 4.90 Å². The van der Waals surface area contributed by atoms with Crippen molar-refractivity contribution in [2.24, 2.45) is 5.73 Å². The lowest BCUT2D eigenvalue weighted by atomic mass is 10.2. The minimum atomic E-state index is -3.50. The van der Waals surface area contributed by atoms with Crippen LogP contribution in [0.3, 0.4) is 0 Å². The first-order chi connectivity index (χ1) is 10.8. The average molecular weight is 340 g/mol. The molecule has 0 aliphatic carbocycles. The van der Waals surface area contributed by atoms with Crippen LogP contribution in [0.1, 0.15) is 19.4 Å². The number of amides is 1. The number of esters is 1. The van der Waals surface area contributed by atoms with Gasteiger partial charge in [0.2, 0.25) is 10.0 Å². The van der Waals surface area contributed by atoms with Gasteiger partial charge >= 0.3 is 5.97 Å². The second-order valence-electron chi connectivity index (χ2n) is 4.57. The van der Waals surface area contributed by atoms with Crippen LogP contribution in [0, 0.1) is 0 Å². The van der Waals surface area contributed by atoms with Crippen LogP contribution in [0.4, 0.5) is 0 Å². The Kier molecular flexibility index (Phi) is 6.92. The maximum absolute atomic E-state index is 12.3. The zero-order chi connectivity index (χ0) is 17.5. The van der Waals surface area contributed by atoms with Crippen molar-refractivity contribution in [1.82, 2.24) is 4.31 Å². The zero-order valence-corrected chi connectivity index (χ0v) is 13.9. The summed E-state index contributed by atoms with van der Waals surface area (Å²) < 4.78 is 30.5. The van der Waals surface area contributed by atoms with E-state index in [1.165, 1.54) is 22.5 Å². The Bertz CT molecular complexity index is 676. The van der Waals surface area contributed by atoms with Gasteiger partial charge in [-0.05, 0) is 23.8 Å². The molecule has 0 heterocycles. The average Bonchev–Trinajstić information content (AvgIpc) is 2.52. The standard InChI is InChI=1S/C15H20N2O5S/c1-3-17(4-2)23(20,21)13-8-5-12(6-9-13)7-10-15(19)22-11-14(16)18/h5-10H,3-4,11H2,1-2H3,(H2,16,18)/b10-7+. The highest BCUT2D eigenvalue weighted by Crippen LogP contribution is 2.16. The Morgan fingerprint density at radius 1 is 1.17 bits per heavy atom. The third-order valence-corrected chi connectivity index (χ3v) is 5.06. The van der Waals surface area contributed by atoms with E-state index in [9.17, 15) is 18.0 Å². The summed E-state index contributed by atoms with van der Waals surface area (Å²) in [5.74, 6) is -1.44. The molecule has 8 heteroatoms. The lowest BCUT2D eigenvalue weighted by molar-refractivity contribution is -0.142. The van der Waals surface area contributed by atoms with Gasteiger partial charge in [-0.25, -0.2) is 13.2 Å². The number of carbonyl (C=O) groups is 2. The topological polar surface area (TPSA) is 107 Å². The highest BCUT2D eigenvalue weighted by molar-refractivity contribution is 7.89. The van der Waals surface area contributed by atoms with Gasteiger partial charge in [-0.2, -0.15) is 4.31 Å². The molecule has 23 heavy (non-hydrogen) atoms. The van der Waals surface area contributed by atoms with Gasteiger partial charge in [0.1, 0.15) is 0 Å². The van der Waals surface area contributed by atoms with E-state index in [1.54, 1.807) is 26.0 Å². The summed E-state index contributed by atoms with van der Waals surface area (Å²) in [4.78, 5) is 22.0. The van der Waals surface area contributed by atoms with Crippen molar-refractivity contribution in [2.75, 3.05) is 19.7 Å². The molecule has 0 aliphatic heterocycles. The Hall–Kier alpha value is -2.19. The summed E-state index contributed by atoms with van der Waals surface area (Å²) in [6, 6.07) is 6.10. The van der Waals surface area contributed by atoms with Crippen LogP contribution >= 0.6 is 0 Å². The molecule has 0 saturated carbocycles. The third-order valence-electron chi connectivity index (χ3n) is 2.99. The molecule has 126 valence electrons. The second-order valence-corrected chi connectivity index (χ2v) is 6.50. The van der Waals surface area contributed by atoms with Gasteiger partial charge in [-0.1, -0.05) is 26.0 Å². The molecular weight excluding hydrogens is 320 g/mol. The molecule has 0 aromatic heterocycles. The first kappa shape index (κ1) is 18.9. The number of rotatable bonds is 8. The van der Waals surface area contributed by atoms with Gasteiger partial charge in [-0.3, -0.25) is 4.79 Å². The first-order valence-corrected chi connectivity index (χ1v) is 8.48. The van der Waals surface area contributed by atoms with Gasteiger partial charge in [0.05, 0.1) is 4.90 Å². The van der Waals surface area contributed by atoms with Crippen molar-refractivity contribution in [3.05, 3.63) is 35.9 Å². The lowest BCUT2D eigenvalue weighted by Crippen LogP contribution is -2.30. The molecule has 0 aliphatic rings.